The van der Waals surface area contributed by atoms with E-state index < -0.39 is 6.04 Å². The average Bonchev–Trinajstić information content (AvgIpc) is 3.48. The van der Waals surface area contributed by atoms with Gasteiger partial charge < -0.3 is 14.8 Å². The van der Waals surface area contributed by atoms with Crippen LogP contribution >= 0.6 is 0 Å². The third-order valence-electron chi connectivity index (χ3n) is 7.17. The topological polar surface area (TPSA) is 55.1 Å². The molecule has 0 radical (unpaired) electrons. The minimum Gasteiger partial charge on any atom is -0.308 e. The van der Waals surface area contributed by atoms with Gasteiger partial charge in [-0.15, -0.1) is 0 Å². The zero-order valence-corrected chi connectivity index (χ0v) is 21.5. The fourth-order valence-electron chi connectivity index (χ4n) is 5.20. The average molecular weight is 506 g/mol. The van der Waals surface area contributed by atoms with Crippen LogP contribution in [0.1, 0.15) is 39.7 Å². The number of nitrogens with zero attached hydrogens (tertiary/aromatic N) is 4. The largest absolute Gasteiger partial charge is 0.322 e. The van der Waals surface area contributed by atoms with Gasteiger partial charge in [0.05, 0.1) is 29.7 Å². The molecule has 1 N–H and O–H groups in total. The Morgan fingerprint density at radius 3 is 2.47 bits per heavy atom. The normalized spacial score (nSPS) is 14.5. The molecule has 2 amide bonds. The van der Waals surface area contributed by atoms with E-state index in [2.05, 4.69) is 9.88 Å². The van der Waals surface area contributed by atoms with Gasteiger partial charge in [0.25, 0.3) is 0 Å². The highest BCUT2D eigenvalue weighted by molar-refractivity contribution is 5.91. The van der Waals surface area contributed by atoms with E-state index in [4.69, 9.17) is 5.10 Å². The second kappa shape index (κ2) is 9.34. The quantitative estimate of drug-likeness (QED) is 0.291. The van der Waals surface area contributed by atoms with E-state index >= 15 is 0 Å². The molecule has 0 bridgehead atoms. The molecule has 1 aliphatic heterocycles. The first-order valence-corrected chi connectivity index (χ1v) is 12.6. The van der Waals surface area contributed by atoms with E-state index in [0.717, 1.165) is 50.8 Å². The van der Waals surface area contributed by atoms with Gasteiger partial charge in [-0.25, -0.2) is 13.9 Å². The molecular formula is C31H28FN5O. The van der Waals surface area contributed by atoms with Crippen LogP contribution in [-0.4, -0.2) is 25.3 Å². The van der Waals surface area contributed by atoms with Gasteiger partial charge in [-0.1, -0.05) is 42.5 Å². The SMILES string of the molecule is Cc1ccc(C)c(NC(=O)N2Cc3c(C)nn(-c4ccccc4)c3-n3cccc3[C@@H]2c2ccc(F)cc2)c1. The van der Waals surface area contributed by atoms with Gasteiger partial charge in [0, 0.05) is 17.4 Å². The summed E-state index contributed by atoms with van der Waals surface area (Å²) in [5.74, 6) is 0.575. The fraction of sp³-hybridized carbons (Fsp3) is 0.161. The van der Waals surface area contributed by atoms with Crippen molar-refractivity contribution in [3.05, 3.63) is 131 Å². The molecule has 0 spiro atoms. The smallest absolute Gasteiger partial charge is 0.308 e. The van der Waals surface area contributed by atoms with E-state index in [1.54, 1.807) is 12.1 Å². The summed E-state index contributed by atoms with van der Waals surface area (Å²) in [6.45, 7) is 6.28. The number of carbonyl (C=O) groups excluding carboxylic acids is 1. The zero-order chi connectivity index (χ0) is 26.4. The first-order valence-electron chi connectivity index (χ1n) is 12.6. The second-order valence-corrected chi connectivity index (χ2v) is 9.77. The molecule has 2 aromatic heterocycles. The number of aromatic nitrogens is 3. The predicted molar refractivity (Wildman–Crippen MR) is 146 cm³/mol. The maximum atomic E-state index is 14.1. The summed E-state index contributed by atoms with van der Waals surface area (Å²) in [6.07, 6.45) is 2.00. The van der Waals surface area contributed by atoms with Gasteiger partial charge in [0.1, 0.15) is 11.6 Å². The first kappa shape index (κ1) is 23.7. The van der Waals surface area contributed by atoms with Crippen molar-refractivity contribution in [1.29, 1.82) is 0 Å². The number of nitrogens with one attached hydrogen (secondary N) is 1. The summed E-state index contributed by atoms with van der Waals surface area (Å²) in [6, 6.07) is 25.7. The maximum Gasteiger partial charge on any atom is 0.322 e. The van der Waals surface area contributed by atoms with Crippen molar-refractivity contribution in [2.24, 2.45) is 0 Å². The zero-order valence-electron chi connectivity index (χ0n) is 21.5. The van der Waals surface area contributed by atoms with Gasteiger partial charge >= 0.3 is 6.03 Å². The van der Waals surface area contributed by atoms with Crippen molar-refractivity contribution in [3.63, 3.8) is 0 Å². The molecule has 0 saturated carbocycles. The molecule has 190 valence electrons. The molecule has 3 heterocycles. The lowest BCUT2D eigenvalue weighted by Gasteiger charge is -2.31. The Morgan fingerprint density at radius 2 is 1.71 bits per heavy atom. The van der Waals surface area contributed by atoms with Crippen LogP contribution in [-0.2, 0) is 6.54 Å². The summed E-state index contributed by atoms with van der Waals surface area (Å²) in [7, 11) is 0. The van der Waals surface area contributed by atoms with Gasteiger partial charge in [-0.2, -0.15) is 5.10 Å². The monoisotopic (exact) mass is 505 g/mol. The van der Waals surface area contributed by atoms with Gasteiger partial charge in [0.15, 0.2) is 0 Å². The van der Waals surface area contributed by atoms with Gasteiger partial charge in [-0.05, 0) is 79.9 Å². The van der Waals surface area contributed by atoms with E-state index in [1.165, 1.54) is 12.1 Å². The molecule has 0 fully saturated rings. The van der Waals surface area contributed by atoms with Crippen molar-refractivity contribution in [2.75, 3.05) is 5.32 Å². The van der Waals surface area contributed by atoms with Crippen LogP contribution < -0.4 is 5.32 Å². The maximum absolute atomic E-state index is 14.1. The number of fused-ring (bicyclic) bond motifs is 3. The number of amides is 2. The Morgan fingerprint density at radius 1 is 0.947 bits per heavy atom. The standard InChI is InChI=1S/C31H28FN5O/c1-20-11-12-21(2)27(18-20)33-31(38)36-19-26-22(3)34-37(25-8-5-4-6-9-25)30(26)35-17-7-10-28(35)29(36)23-13-15-24(32)16-14-23/h4-18,29H,19H2,1-3H3,(H,33,38)/t29-/m0/s1. The lowest BCUT2D eigenvalue weighted by atomic mass is 10.0. The first-order chi connectivity index (χ1) is 18.4. The molecule has 6 nitrogen and oxygen atoms in total. The van der Waals surface area contributed by atoms with Crippen molar-refractivity contribution >= 4 is 11.7 Å². The lowest BCUT2D eigenvalue weighted by Crippen LogP contribution is -2.38. The Kier molecular flexibility index (Phi) is 5.83. The predicted octanol–water partition coefficient (Wildman–Crippen LogP) is 6.86. The highest BCUT2D eigenvalue weighted by Gasteiger charge is 2.36. The number of carbonyl (C=O) groups is 1. The Bertz CT molecular complexity index is 1640. The number of halogens is 1. The van der Waals surface area contributed by atoms with Crippen LogP contribution in [0, 0.1) is 26.6 Å². The molecule has 3 aromatic carbocycles. The number of hydrogen-bond donors (Lipinski definition) is 1. The van der Waals surface area contributed by atoms with E-state index in [9.17, 15) is 9.18 Å². The van der Waals surface area contributed by atoms with Crippen LogP contribution in [0.4, 0.5) is 14.9 Å². The Balaban J connectivity index is 1.54. The number of aryl methyl sites for hydroxylation is 3. The number of benzene rings is 3. The Labute approximate surface area is 221 Å². The Hall–Kier alpha value is -4.65. The number of urea groups is 1. The number of anilines is 1. The summed E-state index contributed by atoms with van der Waals surface area (Å²) < 4.78 is 18.0. The van der Waals surface area contributed by atoms with Crippen LogP contribution in [0.3, 0.4) is 0 Å². The molecule has 1 atom stereocenters. The number of rotatable bonds is 3. The van der Waals surface area contributed by atoms with Crippen LogP contribution in [0.25, 0.3) is 11.5 Å². The molecule has 7 heteroatoms. The van der Waals surface area contributed by atoms with Gasteiger partial charge in [0.2, 0.25) is 0 Å². The van der Waals surface area contributed by atoms with Crippen molar-refractivity contribution in [3.8, 4) is 11.5 Å². The molecule has 5 aromatic rings. The minimum absolute atomic E-state index is 0.236. The number of para-hydroxylation sites is 1. The van der Waals surface area contributed by atoms with Crippen molar-refractivity contribution < 1.29 is 9.18 Å². The van der Waals surface area contributed by atoms with E-state index in [0.29, 0.717) is 6.54 Å². The highest BCUT2D eigenvalue weighted by atomic mass is 19.1. The third kappa shape index (κ3) is 4.06. The van der Waals surface area contributed by atoms with Crippen LogP contribution in [0.5, 0.6) is 0 Å². The molecule has 0 saturated heterocycles. The molecule has 0 unspecified atom stereocenters. The molecule has 6 rings (SSSR count). The lowest BCUT2D eigenvalue weighted by molar-refractivity contribution is 0.194. The highest BCUT2D eigenvalue weighted by Crippen LogP contribution is 2.39. The van der Waals surface area contributed by atoms with Crippen LogP contribution in [0.2, 0.25) is 0 Å². The molecular weight excluding hydrogens is 477 g/mol. The summed E-state index contributed by atoms with van der Waals surface area (Å²) in [5.41, 5.74) is 7.25. The summed E-state index contributed by atoms with van der Waals surface area (Å²) in [5, 5.41) is 8.03. The van der Waals surface area contributed by atoms with Crippen molar-refractivity contribution in [1.82, 2.24) is 19.2 Å². The third-order valence-corrected chi connectivity index (χ3v) is 7.17. The molecule has 0 aliphatic carbocycles. The molecule has 1 aliphatic rings. The second-order valence-electron chi connectivity index (χ2n) is 9.77. The van der Waals surface area contributed by atoms with Crippen molar-refractivity contribution in [2.45, 2.75) is 33.4 Å². The fourth-order valence-corrected chi connectivity index (χ4v) is 5.20. The molecule has 38 heavy (non-hydrogen) atoms. The summed E-state index contributed by atoms with van der Waals surface area (Å²) in [4.78, 5) is 15.9. The summed E-state index contributed by atoms with van der Waals surface area (Å²) >= 11 is 0. The van der Waals surface area contributed by atoms with E-state index in [-0.39, 0.29) is 11.8 Å². The van der Waals surface area contributed by atoms with E-state index in [1.807, 2.05) is 97.2 Å². The minimum atomic E-state index is -0.452. The van der Waals surface area contributed by atoms with Crippen LogP contribution in [0.15, 0.2) is 91.1 Å². The number of hydrogen-bond acceptors (Lipinski definition) is 2. The van der Waals surface area contributed by atoms with Gasteiger partial charge in [-0.3, -0.25) is 0 Å².